The molecule has 0 radical (unpaired) electrons. The maximum atomic E-state index is 11.8. The van der Waals surface area contributed by atoms with Crippen LogP contribution in [0.1, 0.15) is 12.8 Å². The number of hydrogen-bond donors (Lipinski definition) is 1. The summed E-state index contributed by atoms with van der Waals surface area (Å²) in [5.74, 6) is 0.509. The first-order valence-corrected chi connectivity index (χ1v) is 7.52. The second-order valence-electron chi connectivity index (χ2n) is 3.81. The highest BCUT2D eigenvalue weighted by Gasteiger charge is 2.09. The van der Waals surface area contributed by atoms with E-state index in [1.807, 2.05) is 6.92 Å². The lowest BCUT2D eigenvalue weighted by Gasteiger charge is -2.05. The molecular weight excluding hydrogens is 321 g/mol. The van der Waals surface area contributed by atoms with Crippen LogP contribution in [0.15, 0.2) is 27.8 Å². The van der Waals surface area contributed by atoms with E-state index < -0.39 is 0 Å². The van der Waals surface area contributed by atoms with Crippen LogP contribution < -0.4 is 5.32 Å². The van der Waals surface area contributed by atoms with E-state index in [1.165, 1.54) is 11.8 Å². The van der Waals surface area contributed by atoms with Crippen molar-refractivity contribution in [2.24, 2.45) is 0 Å². The number of carbonyl (C=O) groups is 1. The fraction of sp³-hybridized carbons (Fsp3) is 0.250. The number of benzene rings is 1. The molecule has 0 saturated heterocycles. The van der Waals surface area contributed by atoms with Crippen molar-refractivity contribution < 1.29 is 9.21 Å². The van der Waals surface area contributed by atoms with Crippen LogP contribution in [0.2, 0.25) is 10.0 Å². The topological polar surface area (TPSA) is 68.0 Å². The Morgan fingerprint density at radius 2 is 2.00 bits per heavy atom. The largest absolute Gasteiger partial charge is 0.416 e. The number of hydrogen-bond acceptors (Lipinski definition) is 5. The van der Waals surface area contributed by atoms with E-state index in [0.29, 0.717) is 33.3 Å². The highest BCUT2D eigenvalue weighted by atomic mass is 35.5. The van der Waals surface area contributed by atoms with Crippen molar-refractivity contribution in [1.29, 1.82) is 0 Å². The highest BCUT2D eigenvalue weighted by molar-refractivity contribution is 7.99. The van der Waals surface area contributed by atoms with Gasteiger partial charge in [-0.15, -0.1) is 10.2 Å². The number of aromatic nitrogens is 2. The van der Waals surface area contributed by atoms with Crippen molar-refractivity contribution in [3.8, 4) is 0 Å². The quantitative estimate of drug-likeness (QED) is 0.846. The predicted octanol–water partition coefficient (Wildman–Crippen LogP) is 3.67. The second kappa shape index (κ2) is 6.97. The maximum Gasteiger partial charge on any atom is 0.277 e. The number of thioether (sulfide) groups is 1. The van der Waals surface area contributed by atoms with E-state index in [-0.39, 0.29) is 11.7 Å². The Kier molecular flexibility index (Phi) is 5.28. The van der Waals surface area contributed by atoms with E-state index in [1.54, 1.807) is 18.2 Å². The minimum atomic E-state index is -0.204. The van der Waals surface area contributed by atoms with Crippen molar-refractivity contribution in [2.75, 3.05) is 11.1 Å². The molecule has 106 valence electrons. The molecule has 2 aromatic rings. The molecule has 1 heterocycles. The molecule has 1 amide bonds. The second-order valence-corrected chi connectivity index (χ2v) is 5.61. The number of nitrogens with one attached hydrogen (secondary N) is 1. The summed E-state index contributed by atoms with van der Waals surface area (Å²) in [6.45, 7) is 1.91. The van der Waals surface area contributed by atoms with Gasteiger partial charge in [0.15, 0.2) is 0 Å². The molecule has 0 atom stereocenters. The summed E-state index contributed by atoms with van der Waals surface area (Å²) >= 11 is 12.9. The van der Waals surface area contributed by atoms with E-state index >= 15 is 0 Å². The average molecular weight is 332 g/mol. The third-order valence-electron chi connectivity index (χ3n) is 2.22. The molecule has 0 bridgehead atoms. The van der Waals surface area contributed by atoms with Crippen LogP contribution in [-0.2, 0) is 11.2 Å². The Labute approximate surface area is 130 Å². The van der Waals surface area contributed by atoms with Crippen LogP contribution in [0.4, 0.5) is 5.69 Å². The number of anilines is 1. The molecule has 1 N–H and O–H groups in total. The van der Waals surface area contributed by atoms with Gasteiger partial charge in [0, 0.05) is 22.2 Å². The van der Waals surface area contributed by atoms with Crippen LogP contribution in [0.3, 0.4) is 0 Å². The van der Waals surface area contributed by atoms with Gasteiger partial charge in [-0.2, -0.15) is 0 Å². The van der Waals surface area contributed by atoms with Gasteiger partial charge in [-0.25, -0.2) is 0 Å². The molecular formula is C12H11Cl2N3O2S. The molecule has 1 aromatic heterocycles. The zero-order valence-electron chi connectivity index (χ0n) is 10.5. The van der Waals surface area contributed by atoms with E-state index in [4.69, 9.17) is 27.6 Å². The van der Waals surface area contributed by atoms with Gasteiger partial charge in [-0.1, -0.05) is 41.9 Å². The summed E-state index contributed by atoms with van der Waals surface area (Å²) in [5.41, 5.74) is 0.549. The van der Waals surface area contributed by atoms with Crippen LogP contribution in [0.5, 0.6) is 0 Å². The molecule has 20 heavy (non-hydrogen) atoms. The first kappa shape index (κ1) is 15.2. The third kappa shape index (κ3) is 4.40. The first-order valence-electron chi connectivity index (χ1n) is 5.78. The molecule has 0 saturated carbocycles. The third-order valence-corrected chi connectivity index (χ3v) is 3.48. The molecule has 5 nitrogen and oxygen atoms in total. The number of halogens is 2. The van der Waals surface area contributed by atoms with Crippen molar-refractivity contribution in [2.45, 2.75) is 18.6 Å². The molecule has 2 rings (SSSR count). The lowest BCUT2D eigenvalue weighted by atomic mass is 10.3. The summed E-state index contributed by atoms with van der Waals surface area (Å²) in [5, 5.41) is 11.6. The summed E-state index contributed by atoms with van der Waals surface area (Å²) in [7, 11) is 0. The number of amides is 1. The van der Waals surface area contributed by atoms with Crippen LogP contribution in [0, 0.1) is 0 Å². The van der Waals surface area contributed by atoms with E-state index in [0.717, 1.165) is 0 Å². The minimum Gasteiger partial charge on any atom is -0.416 e. The van der Waals surface area contributed by atoms with Crippen molar-refractivity contribution in [1.82, 2.24) is 10.2 Å². The molecule has 0 aliphatic rings. The van der Waals surface area contributed by atoms with Crippen molar-refractivity contribution in [3.63, 3.8) is 0 Å². The minimum absolute atomic E-state index is 0.162. The van der Waals surface area contributed by atoms with Gasteiger partial charge >= 0.3 is 0 Å². The van der Waals surface area contributed by atoms with Gasteiger partial charge in [-0.05, 0) is 18.2 Å². The molecule has 8 heteroatoms. The summed E-state index contributed by atoms with van der Waals surface area (Å²) in [4.78, 5) is 11.8. The highest BCUT2D eigenvalue weighted by Crippen LogP contribution is 2.23. The molecule has 0 unspecified atom stereocenters. The fourth-order valence-corrected chi connectivity index (χ4v) is 2.50. The molecule has 0 spiro atoms. The van der Waals surface area contributed by atoms with Gasteiger partial charge in [0.25, 0.3) is 5.22 Å². The smallest absolute Gasteiger partial charge is 0.277 e. The average Bonchev–Trinajstić information content (AvgIpc) is 2.83. The van der Waals surface area contributed by atoms with Crippen molar-refractivity contribution in [3.05, 3.63) is 34.1 Å². The van der Waals surface area contributed by atoms with Crippen molar-refractivity contribution >= 4 is 46.6 Å². The lowest BCUT2D eigenvalue weighted by molar-refractivity contribution is -0.113. The summed E-state index contributed by atoms with van der Waals surface area (Å²) < 4.78 is 5.29. The normalized spacial score (nSPS) is 10.6. The molecule has 0 aliphatic carbocycles. The molecule has 0 aliphatic heterocycles. The zero-order valence-corrected chi connectivity index (χ0v) is 12.8. The van der Waals surface area contributed by atoms with Gasteiger partial charge in [0.05, 0.1) is 5.75 Å². The summed E-state index contributed by atoms with van der Waals surface area (Å²) in [6.07, 6.45) is 0.667. The first-order chi connectivity index (χ1) is 9.56. The Hall–Kier alpha value is -1.24. The Balaban J connectivity index is 1.89. The number of nitrogens with zero attached hydrogens (tertiary/aromatic N) is 2. The van der Waals surface area contributed by atoms with Gasteiger partial charge in [0.2, 0.25) is 11.8 Å². The van der Waals surface area contributed by atoms with Gasteiger partial charge < -0.3 is 9.73 Å². The Bertz CT molecular complexity index is 598. The Morgan fingerprint density at radius 1 is 1.30 bits per heavy atom. The van der Waals surface area contributed by atoms with Gasteiger partial charge in [0.1, 0.15) is 0 Å². The SMILES string of the molecule is CCc1nnc(SCC(=O)Nc2cc(Cl)cc(Cl)c2)o1. The monoisotopic (exact) mass is 331 g/mol. The number of rotatable bonds is 5. The van der Waals surface area contributed by atoms with Crippen LogP contribution in [-0.4, -0.2) is 21.9 Å². The fourth-order valence-electron chi connectivity index (χ4n) is 1.39. The standard InChI is InChI=1S/C12H11Cl2N3O2S/c1-2-11-16-17-12(19-11)20-6-10(18)15-9-4-7(13)3-8(14)5-9/h3-5H,2,6H2,1H3,(H,15,18). The lowest BCUT2D eigenvalue weighted by Crippen LogP contribution is -2.13. The van der Waals surface area contributed by atoms with E-state index in [9.17, 15) is 4.79 Å². The number of carbonyl (C=O) groups excluding carboxylic acids is 1. The Morgan fingerprint density at radius 3 is 2.60 bits per heavy atom. The maximum absolute atomic E-state index is 11.8. The van der Waals surface area contributed by atoms with E-state index in [2.05, 4.69) is 15.5 Å². The van der Waals surface area contributed by atoms with Crippen LogP contribution in [0.25, 0.3) is 0 Å². The molecule has 0 fully saturated rings. The summed E-state index contributed by atoms with van der Waals surface area (Å²) in [6, 6.07) is 4.84. The molecule has 1 aromatic carbocycles. The predicted molar refractivity (Wildman–Crippen MR) is 79.5 cm³/mol. The van der Waals surface area contributed by atoms with Gasteiger partial charge in [-0.3, -0.25) is 4.79 Å². The zero-order chi connectivity index (χ0) is 14.5. The van der Waals surface area contributed by atoms with Crippen LogP contribution >= 0.6 is 35.0 Å². The number of aryl methyl sites for hydroxylation is 1.